The third-order valence-electron chi connectivity index (χ3n) is 13.2. The lowest BCUT2D eigenvalue weighted by atomic mass is 9.92. The number of benzene rings is 4. The first-order valence-electron chi connectivity index (χ1n) is 27.0. The summed E-state index contributed by atoms with van der Waals surface area (Å²) < 4.78 is 33.3. The highest BCUT2D eigenvalue weighted by Gasteiger charge is 2.20. The average Bonchev–Trinajstić information content (AvgIpc) is 3.43. The van der Waals surface area contributed by atoms with Gasteiger partial charge in [0.15, 0.2) is 0 Å². The van der Waals surface area contributed by atoms with E-state index in [1.165, 1.54) is 32.1 Å². The number of carbonyl (C=O) groups excluding carboxylic acids is 2. The Labute approximate surface area is 449 Å². The zero-order valence-electron chi connectivity index (χ0n) is 44.7. The molecule has 2 aliphatic rings. The van der Waals surface area contributed by atoms with Crippen LogP contribution in [0.3, 0.4) is 0 Å². The van der Waals surface area contributed by atoms with Crippen molar-refractivity contribution in [2.24, 2.45) is 23.3 Å². The normalized spacial score (nSPS) is 14.0. The zero-order valence-corrected chi connectivity index (χ0v) is 44.7. The largest absolute Gasteiger partial charge is 0.494 e. The maximum Gasteiger partial charge on any atom is 0.412 e. The summed E-state index contributed by atoms with van der Waals surface area (Å²) in [5.41, 5.74) is 13.6. The van der Waals surface area contributed by atoms with Crippen LogP contribution in [0.4, 0.5) is 9.59 Å². The van der Waals surface area contributed by atoms with Crippen molar-refractivity contribution in [2.75, 3.05) is 78.9 Å². The van der Waals surface area contributed by atoms with Gasteiger partial charge in [-0.1, -0.05) is 13.8 Å². The standard InChI is InChI=1S/C33H47N5O6.C25H35N5O2/c1-3-21-43-32(39)36-30(34)26-8-12-28(13-9-26)41-23-5-7-25-16-19-38(20-17-25)18-6-24-42-29-14-10-27(11-15-29)31(35)37-33(40)44-22-4-2;26-24(27)20-4-8-22(9-5-20)31-17-1-3-19-12-15-30(16-13-19)14-2-18-32-23-10-6-21(7-11-23)25(28)29/h8-15,25H,3-7,16-24H2,1-2H3,(H2,34,36,39)(H2,35,37,40);4-11,19H,1-3,12-18H2,(H3,26,27)(H3,28,29). The Balaban J connectivity index is 0.000000295. The third kappa shape index (κ3) is 22.7. The Morgan fingerprint density at radius 3 is 1.04 bits per heavy atom. The number of nitrogens with two attached hydrogens (primary N) is 2. The van der Waals surface area contributed by atoms with Crippen molar-refractivity contribution in [3.63, 3.8) is 0 Å². The van der Waals surface area contributed by atoms with E-state index in [1.807, 2.05) is 86.6 Å². The molecule has 412 valence electrons. The van der Waals surface area contributed by atoms with Gasteiger partial charge >= 0.3 is 12.2 Å². The average molecular weight is 1050 g/mol. The van der Waals surface area contributed by atoms with Crippen LogP contribution in [0.25, 0.3) is 0 Å². The van der Waals surface area contributed by atoms with E-state index in [4.69, 9.17) is 61.5 Å². The second-order valence-corrected chi connectivity index (χ2v) is 19.2. The molecule has 10 N–H and O–H groups in total. The highest BCUT2D eigenvalue weighted by molar-refractivity contribution is 6.05. The second kappa shape index (κ2) is 33.7. The van der Waals surface area contributed by atoms with Gasteiger partial charge in [0, 0.05) is 35.3 Å². The van der Waals surface area contributed by atoms with Gasteiger partial charge in [-0.15, -0.1) is 0 Å². The van der Waals surface area contributed by atoms with E-state index in [-0.39, 0.29) is 23.3 Å². The number of amidine groups is 4. The van der Waals surface area contributed by atoms with Gasteiger partial charge in [0.25, 0.3) is 0 Å². The lowest BCUT2D eigenvalue weighted by molar-refractivity contribution is 0.151. The molecule has 18 nitrogen and oxygen atoms in total. The first-order valence-corrected chi connectivity index (χ1v) is 27.0. The molecule has 2 aliphatic heterocycles. The third-order valence-corrected chi connectivity index (χ3v) is 13.2. The Morgan fingerprint density at radius 1 is 0.461 bits per heavy atom. The number of ether oxygens (including phenoxy) is 6. The maximum atomic E-state index is 11.6. The number of piperidine rings is 2. The molecule has 0 radical (unpaired) electrons. The lowest BCUT2D eigenvalue weighted by Gasteiger charge is -2.32. The molecule has 2 fully saturated rings. The molecule has 2 amide bonds. The molecule has 76 heavy (non-hydrogen) atoms. The molecule has 18 heteroatoms. The van der Waals surface area contributed by atoms with E-state index in [0.29, 0.717) is 50.1 Å². The van der Waals surface area contributed by atoms with Gasteiger partial charge in [0.1, 0.15) is 46.3 Å². The van der Waals surface area contributed by atoms with Gasteiger partial charge in [-0.2, -0.15) is 0 Å². The topological polar surface area (TPSA) is 267 Å². The highest BCUT2D eigenvalue weighted by atomic mass is 16.6. The van der Waals surface area contributed by atoms with Crippen molar-refractivity contribution in [1.29, 1.82) is 21.6 Å². The Bertz CT molecular complexity index is 2200. The van der Waals surface area contributed by atoms with Crippen LogP contribution in [0, 0.1) is 33.5 Å². The predicted molar refractivity (Wildman–Crippen MR) is 299 cm³/mol. The molecular weight excluding hydrogens is 965 g/mol. The van der Waals surface area contributed by atoms with Gasteiger partial charge in [-0.3, -0.25) is 32.3 Å². The number of nitrogen functional groups attached to an aromatic ring is 2. The summed E-state index contributed by atoms with van der Waals surface area (Å²) in [4.78, 5) is 28.3. The molecule has 0 spiro atoms. The Morgan fingerprint density at radius 2 is 0.750 bits per heavy atom. The van der Waals surface area contributed by atoms with Crippen LogP contribution in [-0.2, 0) is 9.47 Å². The monoisotopic (exact) mass is 1050 g/mol. The summed E-state index contributed by atoms with van der Waals surface area (Å²) >= 11 is 0. The smallest absolute Gasteiger partial charge is 0.412 e. The molecule has 2 saturated heterocycles. The van der Waals surface area contributed by atoms with E-state index < -0.39 is 12.2 Å². The summed E-state index contributed by atoms with van der Waals surface area (Å²) in [5.74, 6) is 4.81. The number of likely N-dealkylation sites (tertiary alicyclic amines) is 2. The van der Waals surface area contributed by atoms with E-state index in [1.54, 1.807) is 24.3 Å². The molecule has 4 aromatic rings. The Hall–Kier alpha value is -7.18. The number of alkyl carbamates (subject to hydrolysis) is 2. The number of nitrogens with one attached hydrogen (secondary N) is 6. The number of hydrogen-bond acceptors (Lipinski definition) is 14. The number of hydrogen-bond donors (Lipinski definition) is 8. The number of nitrogens with zero attached hydrogens (tertiary/aromatic N) is 2. The van der Waals surface area contributed by atoms with Crippen LogP contribution in [0.5, 0.6) is 23.0 Å². The van der Waals surface area contributed by atoms with E-state index >= 15 is 0 Å². The summed E-state index contributed by atoms with van der Waals surface area (Å²) in [7, 11) is 0. The van der Waals surface area contributed by atoms with Crippen LogP contribution in [0.2, 0.25) is 0 Å². The van der Waals surface area contributed by atoms with Gasteiger partial charge in [-0.25, -0.2) is 9.59 Å². The minimum Gasteiger partial charge on any atom is -0.494 e. The van der Waals surface area contributed by atoms with Crippen LogP contribution in [0.15, 0.2) is 97.1 Å². The summed E-state index contributed by atoms with van der Waals surface area (Å²) in [5, 5.41) is 35.7. The van der Waals surface area contributed by atoms with E-state index in [9.17, 15) is 9.59 Å². The maximum absolute atomic E-state index is 11.6. The van der Waals surface area contributed by atoms with Crippen LogP contribution < -0.4 is 41.0 Å². The quantitative estimate of drug-likeness (QED) is 0.0150. The van der Waals surface area contributed by atoms with Crippen molar-refractivity contribution in [3.8, 4) is 23.0 Å². The van der Waals surface area contributed by atoms with Gasteiger partial charge in [-0.05, 0) is 212 Å². The molecule has 6 rings (SSSR count). The molecule has 0 unspecified atom stereocenters. The first kappa shape index (κ1) is 59.7. The van der Waals surface area contributed by atoms with Crippen molar-refractivity contribution in [3.05, 3.63) is 119 Å². The van der Waals surface area contributed by atoms with E-state index in [0.717, 1.165) is 131 Å². The zero-order chi connectivity index (χ0) is 54.3. The summed E-state index contributed by atoms with van der Waals surface area (Å²) in [6, 6.07) is 29.1. The van der Waals surface area contributed by atoms with Crippen molar-refractivity contribution in [2.45, 2.75) is 90.9 Å². The van der Waals surface area contributed by atoms with Crippen LogP contribution in [0.1, 0.15) is 113 Å². The van der Waals surface area contributed by atoms with Gasteiger partial charge in [0.2, 0.25) is 0 Å². The summed E-state index contributed by atoms with van der Waals surface area (Å²) in [6.45, 7) is 13.8. The SMILES string of the molecule is CCCOC(=O)NC(=N)c1ccc(OCCCC2CCN(CCCOc3ccc(C(=N)NC(=O)OCCC)cc3)CC2)cc1.N=C(N)c1ccc(OCCCC2CCN(CCCOc3ccc(C(=N)N)cc3)CC2)cc1. The second-order valence-electron chi connectivity index (χ2n) is 19.2. The fourth-order valence-corrected chi connectivity index (χ4v) is 8.79. The molecule has 0 atom stereocenters. The number of carbonyl (C=O) groups is 2. The highest BCUT2D eigenvalue weighted by Crippen LogP contribution is 2.25. The lowest BCUT2D eigenvalue weighted by Crippen LogP contribution is -2.35. The molecule has 2 heterocycles. The van der Waals surface area contributed by atoms with Crippen molar-refractivity contribution < 1.29 is 38.0 Å². The van der Waals surface area contributed by atoms with Crippen molar-refractivity contribution in [1.82, 2.24) is 20.4 Å². The molecule has 0 aliphatic carbocycles. The minimum absolute atomic E-state index is 0.000226. The fourth-order valence-electron chi connectivity index (χ4n) is 8.79. The molecule has 0 aromatic heterocycles. The first-order chi connectivity index (χ1) is 36.9. The van der Waals surface area contributed by atoms with Gasteiger partial charge < -0.3 is 49.7 Å². The van der Waals surface area contributed by atoms with Crippen molar-refractivity contribution >= 4 is 35.5 Å². The van der Waals surface area contributed by atoms with Crippen LogP contribution in [-0.4, -0.2) is 124 Å². The molecule has 4 aromatic carbocycles. The fraction of sp³-hybridized carbons (Fsp3) is 0.483. The van der Waals surface area contributed by atoms with E-state index in [2.05, 4.69) is 20.4 Å². The minimum atomic E-state index is -0.615. The predicted octanol–water partition coefficient (Wildman–Crippen LogP) is 9.54. The van der Waals surface area contributed by atoms with Crippen LogP contribution >= 0.6 is 0 Å². The molecule has 0 saturated carbocycles. The molecule has 0 bridgehead atoms. The summed E-state index contributed by atoms with van der Waals surface area (Å²) in [6.07, 6.45) is 11.5. The molecular formula is C58H82N10O8. The number of amides is 2. The number of rotatable bonds is 28. The van der Waals surface area contributed by atoms with Gasteiger partial charge in [0.05, 0.1) is 39.6 Å². The Kier molecular flexibility index (Phi) is 26.5.